The number of benzene rings is 2. The molecule has 1 saturated heterocycles. The topological polar surface area (TPSA) is 74.8 Å². The van der Waals surface area contributed by atoms with Gasteiger partial charge in [0.25, 0.3) is 0 Å². The average molecular weight is 423 g/mol. The van der Waals surface area contributed by atoms with E-state index in [1.54, 1.807) is 26.0 Å². The first kappa shape index (κ1) is 20.8. The Hall–Kier alpha value is -1.90. The second-order valence-corrected chi connectivity index (χ2v) is 10.9. The lowest BCUT2D eigenvalue weighted by Gasteiger charge is -2.29. The summed E-state index contributed by atoms with van der Waals surface area (Å²) in [7, 11) is -7.17. The summed E-state index contributed by atoms with van der Waals surface area (Å²) in [6.45, 7) is 4.51. The maximum absolute atomic E-state index is 13.3. The highest BCUT2D eigenvalue weighted by Crippen LogP contribution is 2.29. The van der Waals surface area contributed by atoms with Crippen LogP contribution >= 0.6 is 0 Å². The summed E-state index contributed by atoms with van der Waals surface area (Å²) < 4.78 is 54.3. The maximum atomic E-state index is 13.3. The second-order valence-electron chi connectivity index (χ2n) is 6.96. The van der Waals surface area contributed by atoms with Crippen LogP contribution in [0.25, 0.3) is 0 Å². The van der Waals surface area contributed by atoms with Gasteiger partial charge in [-0.25, -0.2) is 16.8 Å². The monoisotopic (exact) mass is 422 g/mol. The smallest absolute Gasteiger partial charge is 0.243 e. The van der Waals surface area contributed by atoms with Crippen molar-refractivity contribution >= 4 is 25.7 Å². The molecular weight excluding hydrogens is 396 g/mol. The zero-order valence-electron chi connectivity index (χ0n) is 16.2. The second kappa shape index (κ2) is 8.23. The normalized spacial score (nSPS) is 17.0. The van der Waals surface area contributed by atoms with Crippen molar-refractivity contribution < 1.29 is 16.8 Å². The first-order chi connectivity index (χ1) is 13.3. The van der Waals surface area contributed by atoms with Crippen molar-refractivity contribution in [3.8, 4) is 0 Å². The van der Waals surface area contributed by atoms with Gasteiger partial charge in [0.15, 0.2) is 0 Å². The Morgan fingerprint density at radius 2 is 1.79 bits per heavy atom. The first-order valence-corrected chi connectivity index (χ1v) is 12.5. The van der Waals surface area contributed by atoms with Crippen molar-refractivity contribution in [1.82, 2.24) is 4.31 Å². The van der Waals surface area contributed by atoms with Crippen molar-refractivity contribution in [2.24, 2.45) is 0 Å². The summed E-state index contributed by atoms with van der Waals surface area (Å²) in [6, 6.07) is 14.3. The molecule has 2 aromatic carbocycles. The molecule has 152 valence electrons. The van der Waals surface area contributed by atoms with Crippen molar-refractivity contribution in [3.05, 3.63) is 59.7 Å². The van der Waals surface area contributed by atoms with E-state index in [0.29, 0.717) is 30.8 Å². The summed E-state index contributed by atoms with van der Waals surface area (Å²) in [6.07, 6.45) is 1.40. The Morgan fingerprint density at radius 1 is 1.07 bits per heavy atom. The standard InChI is InChI=1S/C20H26N2O4S2/c1-3-21(16-18-9-5-4-6-10-18)28(25,26)20-15-19(12-11-17(20)2)22-13-7-8-14-27(22,23)24/h4-6,9-12,15H,3,7-8,13-14,16H2,1-2H3. The molecule has 1 aliphatic heterocycles. The molecule has 1 heterocycles. The zero-order valence-corrected chi connectivity index (χ0v) is 17.8. The Balaban J connectivity index is 1.99. The summed E-state index contributed by atoms with van der Waals surface area (Å²) >= 11 is 0. The minimum absolute atomic E-state index is 0.0953. The van der Waals surface area contributed by atoms with Gasteiger partial charge in [-0.1, -0.05) is 43.3 Å². The van der Waals surface area contributed by atoms with Gasteiger partial charge >= 0.3 is 0 Å². The first-order valence-electron chi connectivity index (χ1n) is 9.41. The Morgan fingerprint density at radius 3 is 2.43 bits per heavy atom. The van der Waals surface area contributed by atoms with Crippen molar-refractivity contribution in [3.63, 3.8) is 0 Å². The molecule has 0 amide bonds. The van der Waals surface area contributed by atoms with Crippen molar-refractivity contribution in [2.75, 3.05) is 23.1 Å². The van der Waals surface area contributed by atoms with Gasteiger partial charge in [-0.05, 0) is 43.0 Å². The van der Waals surface area contributed by atoms with E-state index in [9.17, 15) is 16.8 Å². The molecule has 0 atom stereocenters. The van der Waals surface area contributed by atoms with E-state index in [1.165, 1.54) is 14.7 Å². The van der Waals surface area contributed by atoms with Gasteiger partial charge < -0.3 is 0 Å². The molecule has 8 heteroatoms. The third-order valence-corrected chi connectivity index (χ3v) is 8.91. The van der Waals surface area contributed by atoms with E-state index in [0.717, 1.165) is 12.0 Å². The molecule has 2 aromatic rings. The van der Waals surface area contributed by atoms with Crippen LogP contribution in [0.1, 0.15) is 30.9 Å². The molecule has 3 rings (SSSR count). The van der Waals surface area contributed by atoms with Crippen molar-refractivity contribution in [1.29, 1.82) is 0 Å². The Bertz CT molecular complexity index is 1040. The molecule has 0 spiro atoms. The van der Waals surface area contributed by atoms with E-state index in [-0.39, 0.29) is 17.2 Å². The third kappa shape index (κ3) is 4.24. The van der Waals surface area contributed by atoms with Gasteiger partial charge in [0.05, 0.1) is 16.3 Å². The SMILES string of the molecule is CCN(Cc1ccccc1)S(=O)(=O)c1cc(N2CCCCS2(=O)=O)ccc1C. The van der Waals surface area contributed by atoms with Crippen LogP contribution in [0.4, 0.5) is 5.69 Å². The van der Waals surface area contributed by atoms with E-state index < -0.39 is 20.0 Å². The fourth-order valence-electron chi connectivity index (χ4n) is 3.39. The van der Waals surface area contributed by atoms with Crippen LogP contribution in [0.3, 0.4) is 0 Å². The lowest BCUT2D eigenvalue weighted by atomic mass is 10.2. The minimum Gasteiger partial charge on any atom is -0.270 e. The molecule has 0 N–H and O–H groups in total. The maximum Gasteiger partial charge on any atom is 0.243 e. The highest BCUT2D eigenvalue weighted by Gasteiger charge is 2.29. The van der Waals surface area contributed by atoms with Crippen LogP contribution in [0, 0.1) is 6.92 Å². The average Bonchev–Trinajstić information content (AvgIpc) is 2.67. The van der Waals surface area contributed by atoms with Crippen molar-refractivity contribution in [2.45, 2.75) is 38.1 Å². The quantitative estimate of drug-likeness (QED) is 0.717. The van der Waals surface area contributed by atoms with Gasteiger partial charge in [-0.3, -0.25) is 4.31 Å². The number of aryl methyl sites for hydroxylation is 1. The lowest BCUT2D eigenvalue weighted by Crippen LogP contribution is -2.38. The molecule has 0 radical (unpaired) electrons. The van der Waals surface area contributed by atoms with Gasteiger partial charge in [0.2, 0.25) is 20.0 Å². The number of anilines is 1. The minimum atomic E-state index is -3.77. The van der Waals surface area contributed by atoms with E-state index in [2.05, 4.69) is 0 Å². The Kier molecular flexibility index (Phi) is 6.12. The third-order valence-electron chi connectivity index (χ3n) is 4.98. The van der Waals surface area contributed by atoms with Crippen LogP contribution in [0.15, 0.2) is 53.4 Å². The van der Waals surface area contributed by atoms with Gasteiger partial charge in [0.1, 0.15) is 0 Å². The highest BCUT2D eigenvalue weighted by molar-refractivity contribution is 7.92. The lowest BCUT2D eigenvalue weighted by molar-refractivity contribution is 0.423. The molecule has 1 fully saturated rings. The number of sulfonamides is 2. The van der Waals surface area contributed by atoms with Crippen LogP contribution in [-0.4, -0.2) is 40.0 Å². The van der Waals surface area contributed by atoms with Crippen LogP contribution < -0.4 is 4.31 Å². The van der Waals surface area contributed by atoms with Crippen LogP contribution in [0.2, 0.25) is 0 Å². The molecule has 0 unspecified atom stereocenters. The summed E-state index contributed by atoms with van der Waals surface area (Å²) in [5, 5.41) is 0. The zero-order chi connectivity index (χ0) is 20.4. The fourth-order valence-corrected chi connectivity index (χ4v) is 6.71. The molecule has 0 aliphatic carbocycles. The molecule has 6 nitrogen and oxygen atoms in total. The predicted molar refractivity (Wildman–Crippen MR) is 111 cm³/mol. The summed E-state index contributed by atoms with van der Waals surface area (Å²) in [4.78, 5) is 0.156. The number of hydrogen-bond donors (Lipinski definition) is 0. The Labute approximate surface area is 167 Å². The van der Waals surface area contributed by atoms with Gasteiger partial charge in [-0.2, -0.15) is 4.31 Å². The molecular formula is C20H26N2O4S2. The predicted octanol–water partition coefficient (Wildman–Crippen LogP) is 3.14. The molecule has 28 heavy (non-hydrogen) atoms. The molecule has 1 aliphatic rings. The van der Waals surface area contributed by atoms with E-state index >= 15 is 0 Å². The highest BCUT2D eigenvalue weighted by atomic mass is 32.2. The van der Waals surface area contributed by atoms with Gasteiger partial charge in [-0.15, -0.1) is 0 Å². The molecule has 0 saturated carbocycles. The fraction of sp³-hybridized carbons (Fsp3) is 0.400. The summed E-state index contributed by atoms with van der Waals surface area (Å²) in [5.74, 6) is 0.0953. The molecule has 0 aromatic heterocycles. The largest absolute Gasteiger partial charge is 0.270 e. The van der Waals surface area contributed by atoms with E-state index in [1.807, 2.05) is 30.3 Å². The van der Waals surface area contributed by atoms with Gasteiger partial charge in [0, 0.05) is 19.6 Å². The van der Waals surface area contributed by atoms with Crippen LogP contribution in [0.5, 0.6) is 0 Å². The van der Waals surface area contributed by atoms with Crippen LogP contribution in [-0.2, 0) is 26.6 Å². The molecule has 0 bridgehead atoms. The summed E-state index contributed by atoms with van der Waals surface area (Å²) in [5.41, 5.74) is 1.92. The number of hydrogen-bond acceptors (Lipinski definition) is 4. The number of rotatable bonds is 6. The van der Waals surface area contributed by atoms with E-state index in [4.69, 9.17) is 0 Å². The number of nitrogens with zero attached hydrogens (tertiary/aromatic N) is 2.